The summed E-state index contributed by atoms with van der Waals surface area (Å²) in [4.78, 5) is 20.2. The third-order valence-corrected chi connectivity index (χ3v) is 5.25. The maximum Gasteiger partial charge on any atom is 0.237 e. The molecule has 1 unspecified atom stereocenters. The molecular weight excluding hydrogens is 360 g/mol. The van der Waals surface area contributed by atoms with Crippen molar-refractivity contribution in [3.05, 3.63) is 48.0 Å². The molecule has 0 aliphatic rings. The maximum absolute atomic E-state index is 12.5. The van der Waals surface area contributed by atoms with E-state index in [4.69, 9.17) is 5.73 Å². The Hall–Kier alpha value is -3.13. The number of benzene rings is 2. The predicted octanol–water partition coefficient (Wildman–Crippen LogP) is 3.52. The van der Waals surface area contributed by atoms with Crippen molar-refractivity contribution >= 4 is 51.1 Å². The van der Waals surface area contributed by atoms with Crippen LogP contribution in [0.3, 0.4) is 0 Å². The second-order valence-corrected chi connectivity index (χ2v) is 7.59. The Kier molecular flexibility index (Phi) is 4.41. The number of carbonyl (C=O) groups excluding carboxylic acids is 1. The maximum atomic E-state index is 12.5. The van der Waals surface area contributed by atoms with Crippen LogP contribution >= 0.6 is 11.8 Å². The molecule has 2 aromatic carbocycles. The number of nitrogens with one attached hydrogen (secondary N) is 2. The summed E-state index contributed by atoms with van der Waals surface area (Å²) in [6.07, 6.45) is 0. The van der Waals surface area contributed by atoms with Crippen molar-refractivity contribution < 1.29 is 4.79 Å². The third-order valence-electron chi connectivity index (χ3n) is 4.30. The Morgan fingerprint density at radius 3 is 2.85 bits per heavy atom. The molecule has 0 spiro atoms. The number of fused-ring (bicyclic) bond motifs is 3. The number of nitrogens with two attached hydrogens (primary N) is 1. The Bertz CT molecular complexity index is 1160. The highest BCUT2D eigenvalue weighted by Crippen LogP contribution is 2.26. The lowest BCUT2D eigenvalue weighted by molar-refractivity contribution is -0.115. The summed E-state index contributed by atoms with van der Waals surface area (Å²) in [5.74, 6) is -0.149. The molecule has 0 saturated carbocycles. The lowest BCUT2D eigenvalue weighted by Gasteiger charge is -2.11. The van der Waals surface area contributed by atoms with Crippen molar-refractivity contribution in [3.63, 3.8) is 0 Å². The number of aromatic amines is 1. The summed E-state index contributed by atoms with van der Waals surface area (Å²) in [6, 6.07) is 13.3. The van der Waals surface area contributed by atoms with E-state index in [2.05, 4.69) is 25.5 Å². The van der Waals surface area contributed by atoms with Crippen molar-refractivity contribution in [3.8, 4) is 0 Å². The van der Waals surface area contributed by atoms with E-state index in [0.717, 1.165) is 22.0 Å². The number of carbonyl (C=O) groups is 1. The van der Waals surface area contributed by atoms with Gasteiger partial charge in [-0.25, -0.2) is 4.98 Å². The molecule has 4 aromatic rings. The van der Waals surface area contributed by atoms with Crippen LogP contribution in [0, 0.1) is 6.92 Å². The number of thioether (sulfide) groups is 1. The molecule has 0 radical (unpaired) electrons. The van der Waals surface area contributed by atoms with Crippen LogP contribution in [0.2, 0.25) is 0 Å². The van der Waals surface area contributed by atoms with Gasteiger partial charge in [-0.15, -0.1) is 10.2 Å². The molecule has 136 valence electrons. The zero-order chi connectivity index (χ0) is 19.0. The highest BCUT2D eigenvalue weighted by atomic mass is 32.2. The minimum atomic E-state index is -0.392. The van der Waals surface area contributed by atoms with Crippen LogP contribution in [-0.4, -0.2) is 31.3 Å². The first-order chi connectivity index (χ1) is 13.0. The van der Waals surface area contributed by atoms with Gasteiger partial charge in [0.2, 0.25) is 11.1 Å². The number of rotatable bonds is 4. The topological polar surface area (TPSA) is 110 Å². The fraction of sp³-hybridized carbons (Fsp3) is 0.158. The molecule has 0 bridgehead atoms. The van der Waals surface area contributed by atoms with Crippen LogP contribution in [0.5, 0.6) is 0 Å². The van der Waals surface area contributed by atoms with Gasteiger partial charge in [0.05, 0.1) is 5.25 Å². The Balaban J connectivity index is 1.51. The molecule has 4 rings (SSSR count). The molecule has 2 aromatic heterocycles. The fourth-order valence-electron chi connectivity index (χ4n) is 2.73. The summed E-state index contributed by atoms with van der Waals surface area (Å²) >= 11 is 1.26. The average molecular weight is 378 g/mol. The molecule has 7 nitrogen and oxygen atoms in total. The van der Waals surface area contributed by atoms with Gasteiger partial charge in [0.15, 0.2) is 5.65 Å². The first-order valence-electron chi connectivity index (χ1n) is 8.46. The van der Waals surface area contributed by atoms with Crippen LogP contribution in [-0.2, 0) is 4.79 Å². The van der Waals surface area contributed by atoms with E-state index in [1.807, 2.05) is 43.3 Å². The molecule has 27 heavy (non-hydrogen) atoms. The van der Waals surface area contributed by atoms with Gasteiger partial charge < -0.3 is 16.0 Å². The Morgan fingerprint density at radius 1 is 1.22 bits per heavy atom. The van der Waals surface area contributed by atoms with E-state index in [9.17, 15) is 4.79 Å². The minimum Gasteiger partial charge on any atom is -0.398 e. The van der Waals surface area contributed by atoms with E-state index in [-0.39, 0.29) is 5.91 Å². The first kappa shape index (κ1) is 17.3. The van der Waals surface area contributed by atoms with E-state index >= 15 is 0 Å². The molecular formula is C19H18N6OS. The standard InChI is InChI=1S/C19H18N6OS/c1-10-7-8-12(9-14(10)20)21-18(26)11(2)27-19-23-17-16(24-25-19)13-5-3-4-6-15(13)22-17/h3-9,11H,20H2,1-2H3,(H,21,26)(H,22,23,25). The lowest BCUT2D eigenvalue weighted by atomic mass is 10.2. The summed E-state index contributed by atoms with van der Waals surface area (Å²) < 4.78 is 0. The van der Waals surface area contributed by atoms with Crippen LogP contribution in [0.4, 0.5) is 11.4 Å². The van der Waals surface area contributed by atoms with Crippen molar-refractivity contribution in [2.45, 2.75) is 24.3 Å². The van der Waals surface area contributed by atoms with Crippen LogP contribution in [0.25, 0.3) is 22.1 Å². The van der Waals surface area contributed by atoms with Gasteiger partial charge in [-0.2, -0.15) is 0 Å². The van der Waals surface area contributed by atoms with Gasteiger partial charge in [-0.3, -0.25) is 4.79 Å². The zero-order valence-electron chi connectivity index (χ0n) is 14.9. The third kappa shape index (κ3) is 3.43. The normalized spacial score (nSPS) is 12.4. The van der Waals surface area contributed by atoms with E-state index in [0.29, 0.717) is 22.2 Å². The van der Waals surface area contributed by atoms with E-state index in [1.54, 1.807) is 13.0 Å². The largest absolute Gasteiger partial charge is 0.398 e. The molecule has 0 aliphatic heterocycles. The van der Waals surface area contributed by atoms with E-state index in [1.165, 1.54) is 11.8 Å². The SMILES string of the molecule is Cc1ccc(NC(=O)C(C)Sc2nnc3c(n2)[nH]c2ccccc23)cc1N. The summed E-state index contributed by atoms with van der Waals surface area (Å²) in [6.45, 7) is 3.72. The van der Waals surface area contributed by atoms with Gasteiger partial charge in [0.1, 0.15) is 5.52 Å². The van der Waals surface area contributed by atoms with Crippen molar-refractivity contribution in [1.82, 2.24) is 20.2 Å². The number of H-pyrrole nitrogens is 1. The summed E-state index contributed by atoms with van der Waals surface area (Å²) in [5.41, 5.74) is 10.5. The highest BCUT2D eigenvalue weighted by molar-refractivity contribution is 8.00. The van der Waals surface area contributed by atoms with Gasteiger partial charge in [-0.05, 0) is 37.6 Å². The predicted molar refractivity (Wildman–Crippen MR) is 109 cm³/mol. The van der Waals surface area contributed by atoms with Crippen molar-refractivity contribution in [1.29, 1.82) is 0 Å². The first-order valence-corrected chi connectivity index (χ1v) is 9.34. The second-order valence-electron chi connectivity index (χ2n) is 6.28. The Labute approximate surface area is 159 Å². The molecule has 1 atom stereocenters. The second kappa shape index (κ2) is 6.88. The van der Waals surface area contributed by atoms with E-state index < -0.39 is 5.25 Å². The van der Waals surface area contributed by atoms with Crippen molar-refractivity contribution in [2.75, 3.05) is 11.1 Å². The molecule has 8 heteroatoms. The number of amides is 1. The lowest BCUT2D eigenvalue weighted by Crippen LogP contribution is -2.22. The van der Waals surface area contributed by atoms with Gasteiger partial charge in [0, 0.05) is 22.3 Å². The van der Waals surface area contributed by atoms with Crippen LogP contribution < -0.4 is 11.1 Å². The van der Waals surface area contributed by atoms with Crippen molar-refractivity contribution in [2.24, 2.45) is 0 Å². The number of hydrogen-bond donors (Lipinski definition) is 3. The Morgan fingerprint density at radius 2 is 2.04 bits per heavy atom. The number of hydrogen-bond acceptors (Lipinski definition) is 6. The highest BCUT2D eigenvalue weighted by Gasteiger charge is 2.18. The summed E-state index contributed by atoms with van der Waals surface area (Å²) in [5, 5.41) is 12.3. The molecule has 1 amide bonds. The number of anilines is 2. The quantitative estimate of drug-likeness (QED) is 0.370. The number of aryl methyl sites for hydroxylation is 1. The smallest absolute Gasteiger partial charge is 0.237 e. The number of nitrogen functional groups attached to an aromatic ring is 1. The monoisotopic (exact) mass is 378 g/mol. The van der Waals surface area contributed by atoms with Crippen LogP contribution in [0.1, 0.15) is 12.5 Å². The zero-order valence-corrected chi connectivity index (χ0v) is 15.7. The minimum absolute atomic E-state index is 0.149. The fourth-order valence-corrected chi connectivity index (χ4v) is 3.44. The average Bonchev–Trinajstić information content (AvgIpc) is 3.02. The number of para-hydroxylation sites is 1. The molecule has 0 saturated heterocycles. The van der Waals surface area contributed by atoms with Gasteiger partial charge in [0.25, 0.3) is 0 Å². The van der Waals surface area contributed by atoms with Gasteiger partial charge in [-0.1, -0.05) is 36.0 Å². The molecule has 0 fully saturated rings. The molecule has 0 aliphatic carbocycles. The van der Waals surface area contributed by atoms with Gasteiger partial charge >= 0.3 is 0 Å². The molecule has 2 heterocycles. The summed E-state index contributed by atoms with van der Waals surface area (Å²) in [7, 11) is 0. The number of nitrogens with zero attached hydrogens (tertiary/aromatic N) is 3. The van der Waals surface area contributed by atoms with Crippen LogP contribution in [0.15, 0.2) is 47.6 Å². The molecule has 4 N–H and O–H groups in total. The number of aromatic nitrogens is 4.